The van der Waals surface area contributed by atoms with E-state index in [9.17, 15) is 4.39 Å². The van der Waals surface area contributed by atoms with Gasteiger partial charge >= 0.3 is 0 Å². The summed E-state index contributed by atoms with van der Waals surface area (Å²) in [5.74, 6) is -0.0922. The molecule has 3 rings (SSSR count). The lowest BCUT2D eigenvalue weighted by atomic mass is 10.2. The molecule has 3 aromatic heterocycles. The Labute approximate surface area is 143 Å². The van der Waals surface area contributed by atoms with Gasteiger partial charge in [0.05, 0.1) is 24.0 Å². The van der Waals surface area contributed by atoms with Crippen LogP contribution in [0.15, 0.2) is 30.6 Å². The van der Waals surface area contributed by atoms with Crippen molar-refractivity contribution in [1.82, 2.24) is 15.0 Å². The van der Waals surface area contributed by atoms with E-state index >= 15 is 0 Å². The van der Waals surface area contributed by atoms with Gasteiger partial charge in [0.1, 0.15) is 12.1 Å². The third-order valence-corrected chi connectivity index (χ3v) is 3.38. The monoisotopic (exact) mass is 344 g/mol. The Morgan fingerprint density at radius 2 is 2.00 bits per heavy atom. The van der Waals surface area contributed by atoms with Crippen LogP contribution < -0.4 is 15.2 Å². The fourth-order valence-corrected chi connectivity index (χ4v) is 2.20. The SMILES string of the molecule is COCCOc1nc2c(Oc3ncc(N)cc3F)ccnc2cc1C. The molecule has 0 atom stereocenters. The Morgan fingerprint density at radius 1 is 1.16 bits per heavy atom. The number of ether oxygens (including phenoxy) is 3. The van der Waals surface area contributed by atoms with Crippen molar-refractivity contribution < 1.29 is 18.6 Å². The first-order valence-corrected chi connectivity index (χ1v) is 7.55. The van der Waals surface area contributed by atoms with Gasteiger partial charge in [-0.25, -0.2) is 14.4 Å². The Morgan fingerprint density at radius 3 is 2.76 bits per heavy atom. The maximum atomic E-state index is 13.9. The highest BCUT2D eigenvalue weighted by Crippen LogP contribution is 2.31. The molecule has 130 valence electrons. The summed E-state index contributed by atoms with van der Waals surface area (Å²) in [5, 5.41) is 0. The van der Waals surface area contributed by atoms with Gasteiger partial charge in [-0.1, -0.05) is 0 Å². The Bertz CT molecular complexity index is 904. The second kappa shape index (κ2) is 7.27. The van der Waals surface area contributed by atoms with E-state index in [4.69, 9.17) is 19.9 Å². The van der Waals surface area contributed by atoms with E-state index in [1.165, 1.54) is 6.20 Å². The number of fused-ring (bicyclic) bond motifs is 1. The van der Waals surface area contributed by atoms with Crippen LogP contribution in [-0.4, -0.2) is 35.3 Å². The summed E-state index contributed by atoms with van der Waals surface area (Å²) in [6.07, 6.45) is 2.87. The standard InChI is InChI=1S/C17H17FN4O3/c1-10-7-13-15(22-16(10)24-6-5-23-2)14(3-4-20-13)25-17-12(18)8-11(19)9-21-17/h3-4,7-9H,5-6,19H2,1-2H3. The zero-order valence-electron chi connectivity index (χ0n) is 13.8. The van der Waals surface area contributed by atoms with Gasteiger partial charge in [-0.15, -0.1) is 0 Å². The van der Waals surface area contributed by atoms with Crippen molar-refractivity contribution >= 4 is 16.7 Å². The van der Waals surface area contributed by atoms with Crippen LogP contribution in [0.2, 0.25) is 0 Å². The number of aryl methyl sites for hydroxylation is 1. The highest BCUT2D eigenvalue weighted by Gasteiger charge is 2.13. The number of nitrogen functional groups attached to an aromatic ring is 1. The van der Waals surface area contributed by atoms with Gasteiger partial charge in [0.2, 0.25) is 5.88 Å². The minimum Gasteiger partial charge on any atom is -0.475 e. The Balaban J connectivity index is 1.98. The van der Waals surface area contributed by atoms with Crippen molar-refractivity contribution in [3.05, 3.63) is 42.0 Å². The number of anilines is 1. The predicted molar refractivity (Wildman–Crippen MR) is 90.3 cm³/mol. The number of nitrogens with two attached hydrogens (primary N) is 1. The molecule has 0 saturated heterocycles. The summed E-state index contributed by atoms with van der Waals surface area (Å²) in [6.45, 7) is 2.67. The van der Waals surface area contributed by atoms with Gasteiger partial charge in [0.25, 0.3) is 5.88 Å². The van der Waals surface area contributed by atoms with E-state index in [0.29, 0.717) is 35.9 Å². The van der Waals surface area contributed by atoms with Crippen molar-refractivity contribution in [1.29, 1.82) is 0 Å². The van der Waals surface area contributed by atoms with Gasteiger partial charge in [-0.3, -0.25) is 4.98 Å². The largest absolute Gasteiger partial charge is 0.475 e. The maximum absolute atomic E-state index is 13.9. The topological polar surface area (TPSA) is 92.4 Å². The summed E-state index contributed by atoms with van der Waals surface area (Å²) in [5.41, 5.74) is 7.58. The van der Waals surface area contributed by atoms with E-state index in [1.807, 2.05) is 13.0 Å². The first-order valence-electron chi connectivity index (χ1n) is 7.55. The van der Waals surface area contributed by atoms with Gasteiger partial charge in [0, 0.05) is 31.0 Å². The van der Waals surface area contributed by atoms with E-state index in [1.54, 1.807) is 19.4 Å². The molecule has 0 aliphatic rings. The molecule has 0 aromatic carbocycles. The molecule has 8 heteroatoms. The number of hydrogen-bond donors (Lipinski definition) is 1. The van der Waals surface area contributed by atoms with Crippen LogP contribution >= 0.6 is 0 Å². The fourth-order valence-electron chi connectivity index (χ4n) is 2.20. The molecule has 0 spiro atoms. The average Bonchev–Trinajstić information content (AvgIpc) is 2.58. The number of methoxy groups -OCH3 is 1. The zero-order chi connectivity index (χ0) is 17.8. The zero-order valence-corrected chi connectivity index (χ0v) is 13.8. The molecule has 0 unspecified atom stereocenters. The Kier molecular flexibility index (Phi) is 4.90. The lowest BCUT2D eigenvalue weighted by Gasteiger charge is -2.11. The summed E-state index contributed by atoms with van der Waals surface area (Å²) < 4.78 is 30.1. The van der Waals surface area contributed by atoms with Crippen LogP contribution in [0, 0.1) is 12.7 Å². The lowest BCUT2D eigenvalue weighted by molar-refractivity contribution is 0.143. The third-order valence-electron chi connectivity index (χ3n) is 3.38. The smallest absolute Gasteiger partial charge is 0.256 e. The van der Waals surface area contributed by atoms with Crippen LogP contribution in [-0.2, 0) is 4.74 Å². The molecule has 0 fully saturated rings. The number of aromatic nitrogens is 3. The highest BCUT2D eigenvalue weighted by molar-refractivity contribution is 5.82. The summed E-state index contributed by atoms with van der Waals surface area (Å²) in [6, 6.07) is 4.55. The summed E-state index contributed by atoms with van der Waals surface area (Å²) in [4.78, 5) is 12.6. The van der Waals surface area contributed by atoms with Crippen LogP contribution in [0.1, 0.15) is 5.56 Å². The predicted octanol–water partition coefficient (Wildman–Crippen LogP) is 2.87. The fraction of sp³-hybridized carbons (Fsp3) is 0.235. The number of rotatable bonds is 6. The minimum absolute atomic E-state index is 0.189. The first-order chi connectivity index (χ1) is 12.1. The molecule has 3 aromatic rings. The van der Waals surface area contributed by atoms with Crippen LogP contribution in [0.5, 0.6) is 17.5 Å². The van der Waals surface area contributed by atoms with Crippen molar-refractivity contribution in [2.24, 2.45) is 0 Å². The first kappa shape index (κ1) is 16.8. The van der Waals surface area contributed by atoms with Crippen LogP contribution in [0.4, 0.5) is 10.1 Å². The maximum Gasteiger partial charge on any atom is 0.256 e. The molecule has 2 N–H and O–H groups in total. The second-order valence-electron chi connectivity index (χ2n) is 5.29. The molecule has 0 amide bonds. The van der Waals surface area contributed by atoms with E-state index in [-0.39, 0.29) is 11.6 Å². The number of halogens is 1. The quantitative estimate of drug-likeness (QED) is 0.687. The summed E-state index contributed by atoms with van der Waals surface area (Å²) in [7, 11) is 1.59. The molecule has 0 aliphatic carbocycles. The molecule has 0 saturated carbocycles. The van der Waals surface area contributed by atoms with Crippen molar-refractivity contribution in [2.75, 3.05) is 26.1 Å². The van der Waals surface area contributed by atoms with E-state index in [0.717, 1.165) is 11.6 Å². The molecule has 0 aliphatic heterocycles. The lowest BCUT2D eigenvalue weighted by Crippen LogP contribution is -2.07. The van der Waals surface area contributed by atoms with E-state index in [2.05, 4.69) is 15.0 Å². The normalized spacial score (nSPS) is 10.8. The van der Waals surface area contributed by atoms with Crippen LogP contribution in [0.3, 0.4) is 0 Å². The molecule has 25 heavy (non-hydrogen) atoms. The Hall–Kier alpha value is -3.00. The molecule has 0 bridgehead atoms. The third kappa shape index (κ3) is 3.74. The summed E-state index contributed by atoms with van der Waals surface area (Å²) >= 11 is 0. The molecule has 3 heterocycles. The highest BCUT2D eigenvalue weighted by atomic mass is 19.1. The van der Waals surface area contributed by atoms with Crippen molar-refractivity contribution in [2.45, 2.75) is 6.92 Å². The number of pyridine rings is 3. The van der Waals surface area contributed by atoms with Gasteiger partial charge < -0.3 is 19.9 Å². The molecule has 0 radical (unpaired) electrons. The molecule has 7 nitrogen and oxygen atoms in total. The minimum atomic E-state index is -0.659. The van der Waals surface area contributed by atoms with E-state index < -0.39 is 5.82 Å². The van der Waals surface area contributed by atoms with Gasteiger partial charge in [-0.2, -0.15) is 0 Å². The average molecular weight is 344 g/mol. The van der Waals surface area contributed by atoms with Gasteiger partial charge in [0.15, 0.2) is 11.6 Å². The van der Waals surface area contributed by atoms with Crippen molar-refractivity contribution in [3.8, 4) is 17.5 Å². The second-order valence-corrected chi connectivity index (χ2v) is 5.29. The number of hydrogen-bond acceptors (Lipinski definition) is 7. The molecular formula is C17H17FN4O3. The number of nitrogens with zero attached hydrogens (tertiary/aromatic N) is 3. The van der Waals surface area contributed by atoms with Crippen molar-refractivity contribution in [3.63, 3.8) is 0 Å². The molecular weight excluding hydrogens is 327 g/mol. The van der Waals surface area contributed by atoms with Gasteiger partial charge in [-0.05, 0) is 13.0 Å². The van der Waals surface area contributed by atoms with Crippen LogP contribution in [0.25, 0.3) is 11.0 Å².